The molecule has 1 aromatic carbocycles. The van der Waals surface area contributed by atoms with E-state index in [4.69, 9.17) is 10.5 Å². The van der Waals surface area contributed by atoms with Crippen molar-refractivity contribution in [3.8, 4) is 5.75 Å². The van der Waals surface area contributed by atoms with Crippen molar-refractivity contribution < 1.29 is 9.13 Å². The summed E-state index contributed by atoms with van der Waals surface area (Å²) in [6.07, 6.45) is 0. The molecule has 0 aliphatic rings. The van der Waals surface area contributed by atoms with Gasteiger partial charge in [-0.1, -0.05) is 6.07 Å². The molecule has 0 saturated heterocycles. The van der Waals surface area contributed by atoms with Crippen LogP contribution in [0.25, 0.3) is 0 Å². The van der Waals surface area contributed by atoms with Crippen LogP contribution in [-0.2, 0) is 6.61 Å². The van der Waals surface area contributed by atoms with E-state index < -0.39 is 0 Å². The number of anilines is 1. The molecule has 2 aromatic rings. The fourth-order valence-corrected chi connectivity index (χ4v) is 1.96. The SMILES string of the molecule is Cc1cc(OCc2cccs2)c(N)cc1F. The Balaban J connectivity index is 2.12. The van der Waals surface area contributed by atoms with E-state index in [-0.39, 0.29) is 5.82 Å². The van der Waals surface area contributed by atoms with E-state index in [0.717, 1.165) is 4.88 Å². The van der Waals surface area contributed by atoms with Gasteiger partial charge in [0.15, 0.2) is 0 Å². The van der Waals surface area contributed by atoms with Crippen molar-refractivity contribution in [2.24, 2.45) is 0 Å². The van der Waals surface area contributed by atoms with Crippen LogP contribution in [0.1, 0.15) is 10.4 Å². The molecule has 0 aliphatic heterocycles. The van der Waals surface area contributed by atoms with Gasteiger partial charge in [0.2, 0.25) is 0 Å². The molecule has 0 bridgehead atoms. The molecule has 1 heterocycles. The molecule has 2 N–H and O–H groups in total. The fraction of sp³-hybridized carbons (Fsp3) is 0.167. The molecular weight excluding hydrogens is 225 g/mol. The molecular formula is C12H12FNOS. The summed E-state index contributed by atoms with van der Waals surface area (Å²) in [6, 6.07) is 6.86. The number of halogens is 1. The quantitative estimate of drug-likeness (QED) is 0.831. The fourth-order valence-electron chi connectivity index (χ4n) is 1.34. The summed E-state index contributed by atoms with van der Waals surface area (Å²) in [5.74, 6) is 0.230. The summed E-state index contributed by atoms with van der Waals surface area (Å²) in [6.45, 7) is 2.15. The van der Waals surface area contributed by atoms with Crippen molar-refractivity contribution in [3.63, 3.8) is 0 Å². The predicted molar refractivity (Wildman–Crippen MR) is 64.2 cm³/mol. The minimum Gasteiger partial charge on any atom is -0.486 e. The Morgan fingerprint density at radius 2 is 2.25 bits per heavy atom. The topological polar surface area (TPSA) is 35.2 Å². The van der Waals surface area contributed by atoms with Crippen LogP contribution in [0.3, 0.4) is 0 Å². The highest BCUT2D eigenvalue weighted by molar-refractivity contribution is 7.09. The summed E-state index contributed by atoms with van der Waals surface area (Å²) in [7, 11) is 0. The molecule has 4 heteroatoms. The molecule has 0 aliphatic carbocycles. The van der Waals surface area contributed by atoms with Crippen LogP contribution in [0.4, 0.5) is 10.1 Å². The number of nitrogen functional groups attached to an aromatic ring is 1. The van der Waals surface area contributed by atoms with E-state index >= 15 is 0 Å². The Kier molecular flexibility index (Phi) is 3.10. The number of thiophene rings is 1. The van der Waals surface area contributed by atoms with Crippen LogP contribution in [-0.4, -0.2) is 0 Å². The lowest BCUT2D eigenvalue weighted by atomic mass is 10.2. The first-order chi connectivity index (χ1) is 7.66. The highest BCUT2D eigenvalue weighted by atomic mass is 32.1. The van der Waals surface area contributed by atoms with Crippen LogP contribution >= 0.6 is 11.3 Å². The first-order valence-corrected chi connectivity index (χ1v) is 5.75. The van der Waals surface area contributed by atoms with Crippen molar-refractivity contribution >= 4 is 17.0 Å². The van der Waals surface area contributed by atoms with Gasteiger partial charge in [-0.3, -0.25) is 0 Å². The van der Waals surface area contributed by atoms with E-state index in [1.807, 2.05) is 17.5 Å². The summed E-state index contributed by atoms with van der Waals surface area (Å²) in [5.41, 5.74) is 6.54. The maximum Gasteiger partial charge on any atom is 0.143 e. The van der Waals surface area contributed by atoms with Crippen molar-refractivity contribution in [2.45, 2.75) is 13.5 Å². The highest BCUT2D eigenvalue weighted by Gasteiger charge is 2.06. The minimum absolute atomic E-state index is 0.305. The van der Waals surface area contributed by atoms with Gasteiger partial charge in [-0.2, -0.15) is 0 Å². The van der Waals surface area contributed by atoms with Gasteiger partial charge in [0.05, 0.1) is 5.69 Å². The van der Waals surface area contributed by atoms with Crippen LogP contribution in [0.15, 0.2) is 29.6 Å². The Hall–Kier alpha value is -1.55. The summed E-state index contributed by atoms with van der Waals surface area (Å²) in [5, 5.41) is 1.98. The summed E-state index contributed by atoms with van der Waals surface area (Å²) >= 11 is 1.62. The van der Waals surface area contributed by atoms with Crippen molar-refractivity contribution in [3.05, 3.63) is 45.9 Å². The largest absolute Gasteiger partial charge is 0.486 e. The normalized spacial score (nSPS) is 10.4. The van der Waals surface area contributed by atoms with E-state index in [0.29, 0.717) is 23.6 Å². The number of rotatable bonds is 3. The zero-order chi connectivity index (χ0) is 11.5. The second-order valence-electron chi connectivity index (χ2n) is 3.51. The standard InChI is InChI=1S/C12H12FNOS/c1-8-5-12(11(14)6-10(8)13)15-7-9-3-2-4-16-9/h2-6H,7,14H2,1H3. The van der Waals surface area contributed by atoms with E-state index in [1.54, 1.807) is 24.3 Å². The van der Waals surface area contributed by atoms with Gasteiger partial charge in [-0.05, 0) is 30.0 Å². The van der Waals surface area contributed by atoms with Crippen molar-refractivity contribution in [1.82, 2.24) is 0 Å². The second kappa shape index (κ2) is 4.53. The van der Waals surface area contributed by atoms with Crippen LogP contribution in [0.5, 0.6) is 5.75 Å². The third-order valence-electron chi connectivity index (χ3n) is 2.24. The van der Waals surface area contributed by atoms with Crippen molar-refractivity contribution in [2.75, 3.05) is 5.73 Å². The van der Waals surface area contributed by atoms with E-state index in [9.17, 15) is 4.39 Å². The zero-order valence-corrected chi connectivity index (χ0v) is 9.68. The average molecular weight is 237 g/mol. The van der Waals surface area contributed by atoms with E-state index in [2.05, 4.69) is 0 Å². The molecule has 0 fully saturated rings. The Labute approximate surface area is 97.5 Å². The Bertz CT molecular complexity index is 482. The lowest BCUT2D eigenvalue weighted by Crippen LogP contribution is -1.99. The smallest absolute Gasteiger partial charge is 0.143 e. The van der Waals surface area contributed by atoms with Gasteiger partial charge < -0.3 is 10.5 Å². The predicted octanol–water partition coefficient (Wildman–Crippen LogP) is 3.36. The molecule has 0 spiro atoms. The molecule has 2 rings (SSSR count). The molecule has 16 heavy (non-hydrogen) atoms. The van der Waals surface area contributed by atoms with Gasteiger partial charge in [-0.25, -0.2) is 4.39 Å². The molecule has 1 aromatic heterocycles. The zero-order valence-electron chi connectivity index (χ0n) is 8.87. The monoisotopic (exact) mass is 237 g/mol. The maximum atomic E-state index is 13.1. The molecule has 0 saturated carbocycles. The molecule has 2 nitrogen and oxygen atoms in total. The average Bonchev–Trinajstić information content (AvgIpc) is 2.74. The molecule has 0 radical (unpaired) electrons. The molecule has 0 unspecified atom stereocenters. The van der Waals surface area contributed by atoms with E-state index in [1.165, 1.54) is 6.07 Å². The maximum absolute atomic E-state index is 13.1. The second-order valence-corrected chi connectivity index (χ2v) is 4.54. The summed E-state index contributed by atoms with van der Waals surface area (Å²) in [4.78, 5) is 1.11. The van der Waals surface area contributed by atoms with Crippen LogP contribution in [0.2, 0.25) is 0 Å². The number of ether oxygens (including phenoxy) is 1. The van der Waals surface area contributed by atoms with Crippen LogP contribution in [0, 0.1) is 12.7 Å². The van der Waals surface area contributed by atoms with Crippen molar-refractivity contribution in [1.29, 1.82) is 0 Å². The first kappa shape index (κ1) is 11.0. The minimum atomic E-state index is -0.305. The number of hydrogen-bond acceptors (Lipinski definition) is 3. The Morgan fingerprint density at radius 3 is 2.94 bits per heavy atom. The highest BCUT2D eigenvalue weighted by Crippen LogP contribution is 2.26. The lowest BCUT2D eigenvalue weighted by molar-refractivity contribution is 0.311. The first-order valence-electron chi connectivity index (χ1n) is 4.87. The third kappa shape index (κ3) is 2.33. The van der Waals surface area contributed by atoms with Gasteiger partial charge in [-0.15, -0.1) is 11.3 Å². The number of nitrogens with two attached hydrogens (primary N) is 1. The third-order valence-corrected chi connectivity index (χ3v) is 3.09. The number of benzene rings is 1. The van der Waals surface area contributed by atoms with Gasteiger partial charge in [0, 0.05) is 10.9 Å². The number of aryl methyl sites for hydroxylation is 1. The molecule has 0 atom stereocenters. The van der Waals surface area contributed by atoms with Gasteiger partial charge in [0.25, 0.3) is 0 Å². The Morgan fingerprint density at radius 1 is 1.44 bits per heavy atom. The summed E-state index contributed by atoms with van der Waals surface area (Å²) < 4.78 is 18.7. The molecule has 0 amide bonds. The van der Waals surface area contributed by atoms with Crippen LogP contribution < -0.4 is 10.5 Å². The number of hydrogen-bond donors (Lipinski definition) is 1. The molecule has 84 valence electrons. The van der Waals surface area contributed by atoms with Gasteiger partial charge in [0.1, 0.15) is 18.2 Å². The lowest BCUT2D eigenvalue weighted by Gasteiger charge is -2.09. The van der Waals surface area contributed by atoms with Gasteiger partial charge >= 0.3 is 0 Å².